The van der Waals surface area contributed by atoms with E-state index in [1.54, 1.807) is 19.1 Å². The van der Waals surface area contributed by atoms with Crippen LogP contribution in [0.1, 0.15) is 21.8 Å². The molecule has 2 aromatic heterocycles. The summed E-state index contributed by atoms with van der Waals surface area (Å²) in [6, 6.07) is 6.59. The lowest BCUT2D eigenvalue weighted by Gasteiger charge is -2.13. The Hall–Kier alpha value is -3.75. The number of aromatic nitrogens is 2. The van der Waals surface area contributed by atoms with Gasteiger partial charge in [-0.15, -0.1) is 0 Å². The number of ether oxygens (including phenoxy) is 2. The second-order valence-corrected chi connectivity index (χ2v) is 8.78. The molecule has 0 aliphatic heterocycles. The van der Waals surface area contributed by atoms with E-state index in [4.69, 9.17) is 13.9 Å². The van der Waals surface area contributed by atoms with Crippen LogP contribution in [0.2, 0.25) is 0 Å². The molecular weight excluding hydrogens is 470 g/mol. The van der Waals surface area contributed by atoms with Crippen LogP contribution in [0.3, 0.4) is 0 Å². The van der Waals surface area contributed by atoms with Gasteiger partial charge in [0, 0.05) is 38.4 Å². The zero-order chi connectivity index (χ0) is 24.9. The molecule has 0 radical (unpaired) electrons. The lowest BCUT2D eigenvalue weighted by atomic mass is 10.2. The molecule has 182 valence electrons. The molecular formula is C20H23N5O8S. The lowest BCUT2D eigenvalue weighted by molar-refractivity contribution is -0.385. The average Bonchev–Trinajstić information content (AvgIpc) is 3.41. The van der Waals surface area contributed by atoms with Crippen LogP contribution in [-0.2, 0) is 28.4 Å². The van der Waals surface area contributed by atoms with E-state index in [0.717, 1.165) is 12.1 Å². The molecule has 2 heterocycles. The third-order valence-electron chi connectivity index (χ3n) is 4.67. The van der Waals surface area contributed by atoms with Crippen LogP contribution in [0.25, 0.3) is 0 Å². The van der Waals surface area contributed by atoms with Gasteiger partial charge in [-0.2, -0.15) is 5.10 Å². The number of hydrogen-bond donors (Lipinski definition) is 2. The molecule has 34 heavy (non-hydrogen) atoms. The Labute approximate surface area is 194 Å². The Kier molecular flexibility index (Phi) is 7.65. The van der Waals surface area contributed by atoms with E-state index in [0.29, 0.717) is 11.3 Å². The number of sulfonamides is 1. The zero-order valence-electron chi connectivity index (χ0n) is 18.6. The van der Waals surface area contributed by atoms with E-state index in [-0.39, 0.29) is 37.0 Å². The first-order chi connectivity index (χ1) is 16.1. The first-order valence-electron chi connectivity index (χ1n) is 9.93. The summed E-state index contributed by atoms with van der Waals surface area (Å²) in [5.74, 6) is -0.0215. The number of rotatable bonds is 11. The summed E-state index contributed by atoms with van der Waals surface area (Å²) in [4.78, 5) is 22.6. The summed E-state index contributed by atoms with van der Waals surface area (Å²) in [6.07, 6.45) is 1.49. The van der Waals surface area contributed by atoms with Crippen molar-refractivity contribution in [1.29, 1.82) is 0 Å². The van der Waals surface area contributed by atoms with E-state index in [1.807, 2.05) is 0 Å². The van der Waals surface area contributed by atoms with Gasteiger partial charge >= 0.3 is 0 Å². The summed E-state index contributed by atoms with van der Waals surface area (Å²) in [6.45, 7) is 1.78. The van der Waals surface area contributed by atoms with E-state index < -0.39 is 31.4 Å². The standard InChI is InChI=1S/C20H23N5O8S/c1-13-18(19(26)21-12-15-5-4-9-32-15)23-24(2)20(13)33-16-7-6-14(25(27)28)11-17(16)34(29,30)22-8-10-31-3/h4-7,9,11,22H,8,10,12H2,1-3H3,(H,21,26). The Balaban J connectivity index is 1.91. The minimum absolute atomic E-state index is 0.0499. The predicted octanol–water partition coefficient (Wildman–Crippen LogP) is 1.88. The van der Waals surface area contributed by atoms with Gasteiger partial charge in [0.25, 0.3) is 11.6 Å². The molecule has 0 saturated carbocycles. The number of hydrogen-bond acceptors (Lipinski definition) is 9. The summed E-state index contributed by atoms with van der Waals surface area (Å²) < 4.78 is 45.0. The highest BCUT2D eigenvalue weighted by molar-refractivity contribution is 7.89. The molecule has 1 amide bonds. The number of furan rings is 1. The Morgan fingerprint density at radius 3 is 2.74 bits per heavy atom. The molecule has 13 nitrogen and oxygen atoms in total. The summed E-state index contributed by atoms with van der Waals surface area (Å²) in [5, 5.41) is 18.0. The van der Waals surface area contributed by atoms with Gasteiger partial charge in [-0.3, -0.25) is 14.9 Å². The number of nitro benzene ring substituents is 1. The van der Waals surface area contributed by atoms with E-state index in [9.17, 15) is 23.3 Å². The minimum Gasteiger partial charge on any atom is -0.467 e. The summed E-state index contributed by atoms with van der Waals surface area (Å²) >= 11 is 0. The van der Waals surface area contributed by atoms with E-state index in [1.165, 1.54) is 31.2 Å². The SMILES string of the molecule is COCCNS(=O)(=O)c1cc([N+](=O)[O-])ccc1Oc1c(C)c(C(=O)NCc2ccco2)nn1C. The molecule has 0 atom stereocenters. The fourth-order valence-corrected chi connectivity index (χ4v) is 4.16. The van der Waals surface area contributed by atoms with Crippen molar-refractivity contribution in [3.8, 4) is 11.6 Å². The quantitative estimate of drug-likeness (QED) is 0.230. The number of nitrogens with zero attached hydrogens (tertiary/aromatic N) is 3. The highest BCUT2D eigenvalue weighted by Crippen LogP contribution is 2.34. The van der Waals surface area contributed by atoms with Gasteiger partial charge in [-0.05, 0) is 25.1 Å². The molecule has 0 bridgehead atoms. The highest BCUT2D eigenvalue weighted by atomic mass is 32.2. The maximum Gasteiger partial charge on any atom is 0.272 e. The van der Waals surface area contributed by atoms with Gasteiger partial charge in [0.15, 0.2) is 5.69 Å². The van der Waals surface area contributed by atoms with Crippen molar-refractivity contribution < 1.29 is 32.0 Å². The largest absolute Gasteiger partial charge is 0.467 e. The molecule has 3 aromatic rings. The van der Waals surface area contributed by atoms with Crippen LogP contribution in [0.4, 0.5) is 5.69 Å². The molecule has 14 heteroatoms. The minimum atomic E-state index is -4.19. The van der Waals surface area contributed by atoms with Crippen LogP contribution in [0.15, 0.2) is 45.9 Å². The maximum absolute atomic E-state index is 12.8. The molecule has 3 rings (SSSR count). The number of benzene rings is 1. The number of nitrogens with one attached hydrogen (secondary N) is 2. The molecule has 1 aromatic carbocycles. The van der Waals surface area contributed by atoms with E-state index >= 15 is 0 Å². The van der Waals surface area contributed by atoms with Crippen molar-refractivity contribution >= 4 is 21.6 Å². The Bertz CT molecular complexity index is 1280. The van der Waals surface area contributed by atoms with Crippen molar-refractivity contribution in [3.05, 3.63) is 63.7 Å². The summed E-state index contributed by atoms with van der Waals surface area (Å²) in [5.41, 5.74) is -0.0266. The number of amides is 1. The van der Waals surface area contributed by atoms with Crippen molar-refractivity contribution in [3.63, 3.8) is 0 Å². The molecule has 0 spiro atoms. The van der Waals surface area contributed by atoms with Crippen molar-refractivity contribution in [2.75, 3.05) is 20.3 Å². The number of aryl methyl sites for hydroxylation is 1. The lowest BCUT2D eigenvalue weighted by Crippen LogP contribution is -2.27. The molecule has 0 fully saturated rings. The Morgan fingerprint density at radius 2 is 2.09 bits per heavy atom. The second kappa shape index (κ2) is 10.5. The van der Waals surface area contributed by atoms with Crippen LogP contribution < -0.4 is 14.8 Å². The number of non-ortho nitro benzene ring substituents is 1. The number of nitro groups is 1. The highest BCUT2D eigenvalue weighted by Gasteiger charge is 2.26. The summed E-state index contributed by atoms with van der Waals surface area (Å²) in [7, 11) is -1.26. The van der Waals surface area contributed by atoms with E-state index in [2.05, 4.69) is 15.1 Å². The van der Waals surface area contributed by atoms with Crippen LogP contribution in [0.5, 0.6) is 11.6 Å². The first-order valence-corrected chi connectivity index (χ1v) is 11.4. The predicted molar refractivity (Wildman–Crippen MR) is 118 cm³/mol. The molecule has 0 aliphatic rings. The topological polar surface area (TPSA) is 168 Å². The second-order valence-electron chi connectivity index (χ2n) is 7.05. The smallest absolute Gasteiger partial charge is 0.272 e. The number of methoxy groups -OCH3 is 1. The van der Waals surface area contributed by atoms with Crippen LogP contribution in [-0.4, -0.2) is 49.3 Å². The van der Waals surface area contributed by atoms with Crippen LogP contribution in [0, 0.1) is 17.0 Å². The zero-order valence-corrected chi connectivity index (χ0v) is 19.4. The normalized spacial score (nSPS) is 11.4. The average molecular weight is 493 g/mol. The number of carbonyl (C=O) groups excluding carboxylic acids is 1. The van der Waals surface area contributed by atoms with Gasteiger partial charge in [0.1, 0.15) is 16.4 Å². The molecule has 0 aliphatic carbocycles. The van der Waals surface area contributed by atoms with Gasteiger partial charge in [0.2, 0.25) is 15.9 Å². The van der Waals surface area contributed by atoms with Gasteiger partial charge in [-0.25, -0.2) is 17.8 Å². The monoisotopic (exact) mass is 493 g/mol. The fourth-order valence-electron chi connectivity index (χ4n) is 3.00. The first kappa shape index (κ1) is 24.9. The fraction of sp³-hybridized carbons (Fsp3) is 0.300. The number of carbonyl (C=O) groups is 1. The third-order valence-corrected chi connectivity index (χ3v) is 6.15. The Morgan fingerprint density at radius 1 is 1.32 bits per heavy atom. The van der Waals surface area contributed by atoms with Crippen LogP contribution >= 0.6 is 0 Å². The van der Waals surface area contributed by atoms with Crippen molar-refractivity contribution in [1.82, 2.24) is 19.8 Å². The maximum atomic E-state index is 12.8. The van der Waals surface area contributed by atoms with Crippen molar-refractivity contribution in [2.24, 2.45) is 7.05 Å². The van der Waals surface area contributed by atoms with Gasteiger partial charge in [0.05, 0.1) is 24.3 Å². The van der Waals surface area contributed by atoms with Crippen molar-refractivity contribution in [2.45, 2.75) is 18.4 Å². The molecule has 0 saturated heterocycles. The van der Waals surface area contributed by atoms with Gasteiger partial charge in [-0.1, -0.05) is 0 Å². The molecule has 0 unspecified atom stereocenters. The third kappa shape index (κ3) is 5.59. The van der Waals surface area contributed by atoms with Gasteiger partial charge < -0.3 is 19.2 Å². The molecule has 2 N–H and O–H groups in total.